The smallest absolute Gasteiger partial charge is 0.274 e. The van der Waals surface area contributed by atoms with E-state index in [1.54, 1.807) is 13.1 Å². The van der Waals surface area contributed by atoms with Gasteiger partial charge in [0.05, 0.1) is 25.9 Å². The zero-order valence-corrected chi connectivity index (χ0v) is 15.1. The summed E-state index contributed by atoms with van der Waals surface area (Å²) in [5.74, 6) is -0.412. The molecule has 2 aromatic heterocycles. The van der Waals surface area contributed by atoms with Crippen molar-refractivity contribution >= 4 is 75.2 Å². The van der Waals surface area contributed by atoms with E-state index >= 15 is 0 Å². The fraction of sp³-hybridized carbons (Fsp3) is 0.167. The molecule has 0 saturated heterocycles. The van der Waals surface area contributed by atoms with Crippen LogP contribution in [0, 0.1) is 0 Å². The summed E-state index contributed by atoms with van der Waals surface area (Å²) in [4.78, 5) is 18.7. The van der Waals surface area contributed by atoms with Crippen LogP contribution in [0.25, 0.3) is 0 Å². The van der Waals surface area contributed by atoms with Gasteiger partial charge >= 0.3 is 0 Å². The van der Waals surface area contributed by atoms with Gasteiger partial charge in [0.15, 0.2) is 0 Å². The lowest BCUT2D eigenvalue weighted by molar-refractivity contribution is 0.0781. The number of thiophene rings is 1. The van der Waals surface area contributed by atoms with Crippen LogP contribution in [0.15, 0.2) is 12.1 Å². The molecule has 2 rings (SSSR count). The van der Waals surface area contributed by atoms with E-state index in [9.17, 15) is 4.79 Å². The average Bonchev–Trinajstić information content (AvgIpc) is 2.85. The minimum Gasteiger partial charge on any atom is -0.335 e. The minimum absolute atomic E-state index is 0.00857. The molecule has 1 amide bonds. The Hall–Kier alpha value is -0.230. The van der Waals surface area contributed by atoms with E-state index in [1.165, 1.54) is 16.2 Å². The van der Waals surface area contributed by atoms with Crippen LogP contribution in [0.4, 0.5) is 0 Å². The van der Waals surface area contributed by atoms with Gasteiger partial charge in [-0.05, 0) is 12.1 Å². The maximum Gasteiger partial charge on any atom is 0.274 e. The Labute approximate surface area is 150 Å². The predicted molar refractivity (Wildman–Crippen MR) is 89.4 cm³/mol. The van der Waals surface area contributed by atoms with Crippen LogP contribution in [0.3, 0.4) is 0 Å². The van der Waals surface area contributed by atoms with E-state index in [1.807, 2.05) is 6.07 Å². The van der Waals surface area contributed by atoms with Gasteiger partial charge in [-0.3, -0.25) is 4.79 Å². The lowest BCUT2D eigenvalue weighted by Crippen LogP contribution is -2.27. The summed E-state index contributed by atoms with van der Waals surface area (Å²) in [7, 11) is 1.62. The van der Waals surface area contributed by atoms with Crippen molar-refractivity contribution in [2.45, 2.75) is 6.54 Å². The van der Waals surface area contributed by atoms with Gasteiger partial charge in [-0.25, -0.2) is 4.98 Å². The number of nitrogens with zero attached hydrogens (tertiary/aromatic N) is 2. The van der Waals surface area contributed by atoms with Gasteiger partial charge in [0.25, 0.3) is 5.91 Å². The van der Waals surface area contributed by atoms with Crippen molar-refractivity contribution in [3.05, 3.63) is 47.3 Å². The number of rotatable bonds is 3. The Morgan fingerprint density at radius 1 is 1.14 bits per heavy atom. The van der Waals surface area contributed by atoms with E-state index in [0.29, 0.717) is 10.9 Å². The van der Waals surface area contributed by atoms with Gasteiger partial charge in [0.1, 0.15) is 10.8 Å². The monoisotopic (exact) mass is 402 g/mol. The second-order valence-corrected chi connectivity index (χ2v) is 7.35. The molecule has 0 unspecified atom stereocenters. The summed E-state index contributed by atoms with van der Waals surface area (Å²) in [6.45, 7) is 0.367. The van der Waals surface area contributed by atoms with Crippen LogP contribution in [-0.2, 0) is 6.54 Å². The first kappa shape index (κ1) is 17.1. The highest BCUT2D eigenvalue weighted by Gasteiger charge is 2.23. The van der Waals surface area contributed by atoms with E-state index in [4.69, 9.17) is 58.0 Å². The molecule has 0 aliphatic rings. The Morgan fingerprint density at radius 3 is 2.38 bits per heavy atom. The van der Waals surface area contributed by atoms with Crippen molar-refractivity contribution in [2.75, 3.05) is 7.05 Å². The Kier molecular flexibility index (Phi) is 5.63. The molecule has 21 heavy (non-hydrogen) atoms. The van der Waals surface area contributed by atoms with Gasteiger partial charge in [-0.2, -0.15) is 0 Å². The number of aromatic nitrogens is 1. The number of hydrogen-bond acceptors (Lipinski definition) is 3. The molecule has 0 saturated carbocycles. The second-order valence-electron chi connectivity index (χ2n) is 4.06. The van der Waals surface area contributed by atoms with E-state index in [2.05, 4.69) is 4.98 Å². The van der Waals surface area contributed by atoms with Gasteiger partial charge in [0, 0.05) is 11.9 Å². The number of pyridine rings is 1. The molecule has 0 aliphatic carbocycles. The van der Waals surface area contributed by atoms with Crippen LogP contribution >= 0.6 is 69.3 Å². The number of carbonyl (C=O) groups excluding carboxylic acids is 1. The largest absolute Gasteiger partial charge is 0.335 e. The molecule has 0 bridgehead atoms. The lowest BCUT2D eigenvalue weighted by atomic mass is 10.3. The predicted octanol–water partition coefficient (Wildman–Crippen LogP) is 5.68. The molecule has 0 fully saturated rings. The maximum absolute atomic E-state index is 12.4. The number of halogens is 5. The SMILES string of the molecule is CN(Cc1ccc(Cl)s1)C(=O)c1nc(Cl)c(Cl)c(Cl)c1Cl. The zero-order valence-electron chi connectivity index (χ0n) is 10.5. The fourth-order valence-electron chi connectivity index (χ4n) is 1.55. The summed E-state index contributed by atoms with van der Waals surface area (Å²) >= 11 is 30.8. The molecular weight excluding hydrogens is 397 g/mol. The van der Waals surface area contributed by atoms with Crippen molar-refractivity contribution < 1.29 is 4.79 Å². The van der Waals surface area contributed by atoms with Crippen LogP contribution in [0.1, 0.15) is 15.4 Å². The third-order valence-electron chi connectivity index (χ3n) is 2.56. The van der Waals surface area contributed by atoms with Crippen molar-refractivity contribution in [3.63, 3.8) is 0 Å². The first-order chi connectivity index (χ1) is 9.81. The summed E-state index contributed by atoms with van der Waals surface area (Å²) in [5, 5.41) is -0.0593. The molecule has 112 valence electrons. The first-order valence-corrected chi connectivity index (χ1v) is 8.21. The zero-order chi connectivity index (χ0) is 15.7. The maximum atomic E-state index is 12.4. The van der Waals surface area contributed by atoms with Crippen LogP contribution in [0.5, 0.6) is 0 Å². The fourth-order valence-corrected chi connectivity index (χ4v) is 3.50. The van der Waals surface area contributed by atoms with Crippen LogP contribution < -0.4 is 0 Å². The third kappa shape index (κ3) is 3.76. The highest BCUT2D eigenvalue weighted by Crippen LogP contribution is 2.36. The first-order valence-electron chi connectivity index (χ1n) is 5.51. The number of hydrogen-bond donors (Lipinski definition) is 0. The lowest BCUT2D eigenvalue weighted by Gasteiger charge is -2.17. The average molecular weight is 405 g/mol. The minimum atomic E-state index is -0.412. The second kappa shape index (κ2) is 6.90. The summed E-state index contributed by atoms with van der Waals surface area (Å²) < 4.78 is 0.652. The van der Waals surface area contributed by atoms with Gasteiger partial charge < -0.3 is 4.90 Å². The van der Waals surface area contributed by atoms with Crippen molar-refractivity contribution in [2.24, 2.45) is 0 Å². The van der Waals surface area contributed by atoms with Gasteiger partial charge in [0.2, 0.25) is 0 Å². The normalized spacial score (nSPS) is 10.8. The molecule has 0 N–H and O–H groups in total. The van der Waals surface area contributed by atoms with E-state index in [0.717, 1.165) is 4.88 Å². The van der Waals surface area contributed by atoms with Gasteiger partial charge in [-0.15, -0.1) is 11.3 Å². The summed E-state index contributed by atoms with van der Waals surface area (Å²) in [6.07, 6.45) is 0. The standard InChI is InChI=1S/C12H7Cl5N2OS/c1-19(4-5-2-3-6(13)21-5)12(20)10-8(15)7(14)9(16)11(17)18-10/h2-3H,4H2,1H3. The van der Waals surface area contributed by atoms with Crippen molar-refractivity contribution in [1.82, 2.24) is 9.88 Å². The van der Waals surface area contributed by atoms with Crippen molar-refractivity contribution in [1.29, 1.82) is 0 Å². The third-order valence-corrected chi connectivity index (χ3v) is 5.45. The van der Waals surface area contributed by atoms with Crippen LogP contribution in [-0.4, -0.2) is 22.8 Å². The highest BCUT2D eigenvalue weighted by atomic mass is 35.5. The summed E-state index contributed by atoms with van der Waals surface area (Å²) in [6, 6.07) is 3.61. The Balaban J connectivity index is 2.27. The number of amides is 1. The molecular formula is C12H7Cl5N2OS. The quantitative estimate of drug-likeness (QED) is 0.617. The molecule has 0 radical (unpaired) electrons. The van der Waals surface area contributed by atoms with E-state index in [-0.39, 0.29) is 25.9 Å². The molecule has 2 heterocycles. The molecule has 9 heteroatoms. The van der Waals surface area contributed by atoms with Crippen LogP contribution in [0.2, 0.25) is 24.6 Å². The molecule has 0 spiro atoms. The molecule has 0 aliphatic heterocycles. The Bertz CT molecular complexity index is 703. The number of carbonyl (C=O) groups is 1. The molecule has 0 atom stereocenters. The summed E-state index contributed by atoms with van der Waals surface area (Å²) in [5.41, 5.74) is -0.0405. The molecule has 2 aromatic rings. The molecule has 0 aromatic carbocycles. The molecule has 3 nitrogen and oxygen atoms in total. The topological polar surface area (TPSA) is 33.2 Å². The Morgan fingerprint density at radius 2 is 1.81 bits per heavy atom. The van der Waals surface area contributed by atoms with Crippen molar-refractivity contribution in [3.8, 4) is 0 Å². The van der Waals surface area contributed by atoms with E-state index < -0.39 is 5.91 Å². The van der Waals surface area contributed by atoms with Gasteiger partial charge in [-0.1, -0.05) is 58.0 Å². The highest BCUT2D eigenvalue weighted by molar-refractivity contribution is 7.16.